The molecule has 3 aliphatic carbocycles. The number of hydrogen-bond donors (Lipinski definition) is 0. The molecule has 2 saturated carbocycles. The van der Waals surface area contributed by atoms with Crippen LogP contribution in [0.25, 0.3) is 84.9 Å². The van der Waals surface area contributed by atoms with Gasteiger partial charge in [-0.15, -0.1) is 22.7 Å². The third kappa shape index (κ3) is 12.5. The number of rotatable bonds is 5. The molecule has 6 aliphatic heterocycles. The van der Waals surface area contributed by atoms with Crippen LogP contribution in [0.2, 0.25) is 0 Å². The smallest absolute Gasteiger partial charge is 0.252 e. The monoisotopic (exact) mass is 1860 g/mol. The van der Waals surface area contributed by atoms with E-state index in [9.17, 15) is 0 Å². The molecule has 0 radical (unpaired) electrons. The van der Waals surface area contributed by atoms with Crippen LogP contribution in [0.4, 0.5) is 56.9 Å². The molecule has 4 aromatic heterocycles. The number of benzene rings is 13. The van der Waals surface area contributed by atoms with Crippen molar-refractivity contribution in [3.05, 3.63) is 297 Å². The zero-order chi connectivity index (χ0) is 96.9. The number of thiophene rings is 2. The van der Waals surface area contributed by atoms with E-state index in [-0.39, 0.29) is 73.2 Å². The summed E-state index contributed by atoms with van der Waals surface area (Å²) in [5, 5.41) is 5.46. The van der Waals surface area contributed by atoms with E-state index in [1.165, 1.54) is 299 Å². The molecule has 4 unspecified atom stereocenters. The number of aryl methyl sites for hydroxylation is 3. The fourth-order valence-electron chi connectivity index (χ4n) is 28.1. The molecule has 10 heterocycles. The van der Waals surface area contributed by atoms with Crippen LogP contribution in [0, 0.1) is 20.8 Å². The predicted octanol–water partition coefficient (Wildman–Crippen LogP) is 32.1. The Labute approximate surface area is 834 Å². The molecule has 0 N–H and O–H groups in total. The van der Waals surface area contributed by atoms with Crippen molar-refractivity contribution in [1.82, 2.24) is 9.13 Å². The number of aromatic nitrogens is 2. The van der Waals surface area contributed by atoms with Crippen molar-refractivity contribution in [2.75, 3.05) is 19.6 Å². The summed E-state index contributed by atoms with van der Waals surface area (Å²) in [6.07, 6.45) is 12.2. The molecule has 9 aliphatic rings. The Hall–Kier alpha value is -11.3. The maximum Gasteiger partial charge on any atom is 0.252 e. The van der Waals surface area contributed by atoms with E-state index in [1.807, 2.05) is 22.7 Å². The molecule has 4 atom stereocenters. The van der Waals surface area contributed by atoms with Gasteiger partial charge in [-0.1, -0.05) is 298 Å². The summed E-state index contributed by atoms with van der Waals surface area (Å²) in [5.41, 5.74) is 49.2. The van der Waals surface area contributed by atoms with Gasteiger partial charge in [0, 0.05) is 110 Å². The molecule has 700 valence electrons. The largest absolute Gasteiger partial charge is 0.334 e. The SMILES string of the molecule is Cc1cc2c3c(c1)-n1c4c(cc(C(C)(C)C)cc4c4sc5ccccc5c41)B3c1ccc(N3c4ccc(C(C)(C)C)cc4C4(C)CCCCC34C)cc1N2c1cc2c(cc1C)C(C)(C)CCC2(C)C.Cc1cc2c3c(c1)-n1c4c(cc(C(C)(C)C)cc4c4sc5ccccc5c41)B3c1ccc(N3c4ccc(C(C)(C)C)cc4C4(C)CCCCC34C)cc1N2c1ccc(C(C)(C)C)cc1-c1ccccc1. The highest BCUT2D eigenvalue weighted by Crippen LogP contribution is 2.65. The second kappa shape index (κ2) is 29.5. The minimum atomic E-state index is -0.0869. The van der Waals surface area contributed by atoms with Crippen LogP contribution >= 0.6 is 22.7 Å². The first-order chi connectivity index (χ1) is 65.8. The van der Waals surface area contributed by atoms with Gasteiger partial charge in [0.15, 0.2) is 0 Å². The van der Waals surface area contributed by atoms with E-state index in [0.29, 0.717) is 0 Å². The highest BCUT2D eigenvalue weighted by molar-refractivity contribution is 7.27. The zero-order valence-corrected chi connectivity index (χ0v) is 88.8. The van der Waals surface area contributed by atoms with E-state index < -0.39 is 0 Å². The standard InChI is InChI=1S/C65H66BN3S.C64H70BN3S/c1-39-32-54-57-55(33-39)68-58-47(60-59(68)45-22-16-17-23-56(45)70-60)35-43(63(8,9)10)37-50(58)66(57)49-27-26-44(69-52-29-25-42(62(5,6)7)36-48(52)64(11)30-18-19-31-65(64,69)12)38-53(49)67(54)51-28-24-41(61(2,3)4)34-46(51)40-20-14-13-15-21-40;1-37-29-52-55-53(30-37)67-56-43(58-57(67)42-19-15-16-20-54(42)69-58)32-40(60(6,7)8)34-48(56)65(55)47-23-22-41(35-51(47)66(52)50-36-45-44(31-38(50)2)61(9,10)27-28-62(45,11)12)68-49-24-21-39(59(3,4)5)33-46(49)63(13)25-17-18-26-64(63,68)14/h13-17,20-29,32-38H,18-19,30-31H2,1-12H3;15-16,19-24,29-36H,17-18,25-28H2,1-14H3. The van der Waals surface area contributed by atoms with Gasteiger partial charge in [0.25, 0.3) is 13.4 Å². The van der Waals surface area contributed by atoms with Crippen LogP contribution < -0.4 is 52.4 Å². The van der Waals surface area contributed by atoms with Gasteiger partial charge in [-0.2, -0.15) is 0 Å². The molecule has 6 nitrogen and oxygen atoms in total. The highest BCUT2D eigenvalue weighted by Gasteiger charge is 2.61. The Kier molecular flexibility index (Phi) is 18.9. The van der Waals surface area contributed by atoms with E-state index in [1.54, 1.807) is 0 Å². The predicted molar refractivity (Wildman–Crippen MR) is 605 cm³/mol. The summed E-state index contributed by atoms with van der Waals surface area (Å²) in [5.74, 6) is 0. The average Bonchev–Trinajstić information content (AvgIpc) is 1.55. The molecule has 0 amide bonds. The zero-order valence-electron chi connectivity index (χ0n) is 87.2. The van der Waals surface area contributed by atoms with Crippen LogP contribution in [-0.2, 0) is 48.7 Å². The molecule has 17 aromatic rings. The normalized spacial score (nSPS) is 20.7. The summed E-state index contributed by atoms with van der Waals surface area (Å²) in [4.78, 5) is 11.1. The van der Waals surface area contributed by atoms with Crippen molar-refractivity contribution < 1.29 is 0 Å². The Morgan fingerprint density at radius 1 is 0.288 bits per heavy atom. The summed E-state index contributed by atoms with van der Waals surface area (Å²) in [7, 11) is 0. The lowest BCUT2D eigenvalue weighted by Gasteiger charge is -2.50. The number of hydrogen-bond acceptors (Lipinski definition) is 6. The van der Waals surface area contributed by atoms with Gasteiger partial charge in [-0.25, -0.2) is 0 Å². The summed E-state index contributed by atoms with van der Waals surface area (Å²) >= 11 is 3.93. The average molecular weight is 1860 g/mol. The first-order valence-corrected chi connectivity index (χ1v) is 53.9. The highest BCUT2D eigenvalue weighted by atomic mass is 32.1. The van der Waals surface area contributed by atoms with Crippen molar-refractivity contribution >= 4 is 188 Å². The van der Waals surface area contributed by atoms with Crippen LogP contribution in [0.15, 0.2) is 231 Å². The van der Waals surface area contributed by atoms with Gasteiger partial charge < -0.3 is 28.7 Å². The minimum Gasteiger partial charge on any atom is -0.334 e. The fourth-order valence-corrected chi connectivity index (χ4v) is 30.5. The van der Waals surface area contributed by atoms with Gasteiger partial charge in [0.2, 0.25) is 0 Å². The quantitative estimate of drug-likeness (QED) is 0.160. The second-order valence-corrected chi connectivity index (χ2v) is 53.3. The molecule has 13 aromatic carbocycles. The van der Waals surface area contributed by atoms with Crippen molar-refractivity contribution in [3.8, 4) is 22.5 Å². The first-order valence-electron chi connectivity index (χ1n) is 52.2. The molecule has 0 spiro atoms. The summed E-state index contributed by atoms with van der Waals surface area (Å²) < 4.78 is 10.9. The van der Waals surface area contributed by atoms with Gasteiger partial charge in [-0.05, 0) is 319 Å². The molecule has 139 heavy (non-hydrogen) atoms. The van der Waals surface area contributed by atoms with Gasteiger partial charge in [-0.3, -0.25) is 0 Å². The molecule has 0 bridgehead atoms. The van der Waals surface area contributed by atoms with Gasteiger partial charge >= 0.3 is 0 Å². The number of nitrogens with zero attached hydrogens (tertiary/aromatic N) is 6. The van der Waals surface area contributed by atoms with Crippen molar-refractivity contribution in [3.63, 3.8) is 0 Å². The summed E-state index contributed by atoms with van der Waals surface area (Å²) in [6.45, 7) is 63.0. The molecular weight excluding hydrogens is 1720 g/mol. The fraction of sp³-hybridized carbons (Fsp3) is 0.364. The molecule has 10 heteroatoms. The van der Waals surface area contributed by atoms with E-state index in [4.69, 9.17) is 0 Å². The van der Waals surface area contributed by atoms with Crippen LogP contribution in [0.3, 0.4) is 0 Å². The van der Waals surface area contributed by atoms with Crippen molar-refractivity contribution in [2.24, 2.45) is 0 Å². The number of anilines is 10. The van der Waals surface area contributed by atoms with Crippen molar-refractivity contribution in [2.45, 2.75) is 304 Å². The molecule has 2 fully saturated rings. The van der Waals surface area contributed by atoms with Crippen LogP contribution in [-0.4, -0.2) is 33.6 Å². The molecule has 0 saturated heterocycles. The van der Waals surface area contributed by atoms with E-state index >= 15 is 0 Å². The lowest BCUT2D eigenvalue weighted by Crippen LogP contribution is -2.61. The lowest BCUT2D eigenvalue weighted by molar-refractivity contribution is 0.195. The Bertz CT molecular complexity index is 8200. The van der Waals surface area contributed by atoms with E-state index in [0.717, 1.165) is 6.42 Å². The lowest BCUT2D eigenvalue weighted by atomic mass is 9.33. The summed E-state index contributed by atoms with van der Waals surface area (Å²) in [6, 6.07) is 92.7. The Balaban J connectivity index is 0.000000147. The molecular formula is C129H136B2N6S2. The van der Waals surface area contributed by atoms with E-state index in [2.05, 4.69) is 439 Å². The molecule has 26 rings (SSSR count). The van der Waals surface area contributed by atoms with Crippen molar-refractivity contribution in [1.29, 1.82) is 0 Å². The maximum atomic E-state index is 2.82. The van der Waals surface area contributed by atoms with Gasteiger partial charge in [0.05, 0.1) is 48.2 Å². The van der Waals surface area contributed by atoms with Crippen LogP contribution in [0.1, 0.15) is 290 Å². The topological polar surface area (TPSA) is 22.8 Å². The third-order valence-corrected chi connectivity index (χ3v) is 38.8. The maximum absolute atomic E-state index is 2.82. The van der Waals surface area contributed by atoms with Crippen LogP contribution in [0.5, 0.6) is 0 Å². The Morgan fingerprint density at radius 3 is 1.12 bits per heavy atom. The van der Waals surface area contributed by atoms with Gasteiger partial charge in [0.1, 0.15) is 0 Å². The minimum absolute atomic E-state index is 0.0180. The second-order valence-electron chi connectivity index (χ2n) is 51.2. The third-order valence-electron chi connectivity index (χ3n) is 36.4. The Morgan fingerprint density at radius 2 is 0.676 bits per heavy atom. The first kappa shape index (κ1) is 89.1. The number of fused-ring (bicyclic) bond motifs is 25.